The zero-order valence-electron chi connectivity index (χ0n) is 26.9. The summed E-state index contributed by atoms with van der Waals surface area (Å²) in [4.78, 5) is 0. The molecule has 0 aliphatic heterocycles. The zero-order valence-corrected chi connectivity index (χ0v) is 31.3. The average molecular weight is 642 g/mol. The van der Waals surface area contributed by atoms with Gasteiger partial charge in [-0.2, -0.15) is 18.1 Å². The summed E-state index contributed by atoms with van der Waals surface area (Å²) in [5.41, 5.74) is 3.54. The second-order valence-corrected chi connectivity index (χ2v) is 23.0. The smallest absolute Gasteiger partial charge is 0.634 e. The molecular formula is C34H54O2Si2Zr. The predicted molar refractivity (Wildman–Crippen MR) is 174 cm³/mol. The molecule has 214 valence electrons. The molecule has 5 heteroatoms. The summed E-state index contributed by atoms with van der Waals surface area (Å²) in [5.74, 6) is 3.56. The third-order valence-electron chi connectivity index (χ3n) is 8.83. The van der Waals surface area contributed by atoms with Crippen molar-refractivity contribution in [2.24, 2.45) is 17.8 Å². The summed E-state index contributed by atoms with van der Waals surface area (Å²) in [6.45, 7) is 31.3. The Morgan fingerprint density at radius 1 is 0.769 bits per heavy atom. The van der Waals surface area contributed by atoms with Gasteiger partial charge in [-0.3, -0.25) is 0 Å². The van der Waals surface area contributed by atoms with Crippen molar-refractivity contribution in [1.82, 2.24) is 0 Å². The van der Waals surface area contributed by atoms with Crippen LogP contribution in [-0.4, -0.2) is 16.6 Å². The molecule has 0 spiro atoms. The molecule has 0 radical (unpaired) electrons. The van der Waals surface area contributed by atoms with E-state index in [1.54, 1.807) is 0 Å². The molecule has 4 aliphatic rings. The molecule has 4 rings (SSSR count). The minimum atomic E-state index is -1.77. The first-order valence-electron chi connectivity index (χ1n) is 13.4. The second kappa shape index (κ2) is 13.7. The summed E-state index contributed by atoms with van der Waals surface area (Å²) in [6, 6.07) is 0. The molecule has 39 heavy (non-hydrogen) atoms. The Bertz CT molecular complexity index is 1070. The van der Waals surface area contributed by atoms with E-state index >= 15 is 0 Å². The van der Waals surface area contributed by atoms with Gasteiger partial charge in [-0.05, 0) is 59.8 Å². The molecule has 0 fully saturated rings. The van der Waals surface area contributed by atoms with Crippen molar-refractivity contribution < 1.29 is 35.1 Å². The monoisotopic (exact) mass is 640 g/mol. The largest absolute Gasteiger partial charge is 4.00 e. The Kier molecular flexibility index (Phi) is 13.3. The minimum absolute atomic E-state index is 0. The Morgan fingerprint density at radius 3 is 1.79 bits per heavy atom. The number of hydrogen-bond donors (Lipinski definition) is 0. The van der Waals surface area contributed by atoms with Crippen LogP contribution < -0.4 is 0 Å². The van der Waals surface area contributed by atoms with Crippen LogP contribution in [0.3, 0.4) is 0 Å². The molecule has 0 aromatic carbocycles. The van der Waals surface area contributed by atoms with E-state index in [9.17, 15) is 0 Å². The fourth-order valence-corrected chi connectivity index (χ4v) is 6.44. The SMILES string of the molecule is [CH2-]C1=C(O[Si](C)(C)C(C)(C)C)CC2C=CC=CC12.[CH2-]C1=C2C=CC=CC2C=C1O[Si](C)(C)C(C)(C)C.[CH3-].[CH3-].[Zr+4]. The van der Waals surface area contributed by atoms with E-state index in [1.165, 1.54) is 11.1 Å². The van der Waals surface area contributed by atoms with Gasteiger partial charge in [0.1, 0.15) is 0 Å². The van der Waals surface area contributed by atoms with Crippen LogP contribution in [0.4, 0.5) is 0 Å². The average Bonchev–Trinajstić information content (AvgIpc) is 3.23. The predicted octanol–water partition coefficient (Wildman–Crippen LogP) is 10.5. The number of hydrogen-bond acceptors (Lipinski definition) is 2. The molecule has 0 N–H and O–H groups in total. The van der Waals surface area contributed by atoms with E-state index in [4.69, 9.17) is 8.85 Å². The molecule has 3 atom stereocenters. The molecular weight excluding hydrogens is 588 g/mol. The number of allylic oxidation sites excluding steroid dienone is 13. The summed E-state index contributed by atoms with van der Waals surface area (Å²) in [5, 5.41) is 0.470. The van der Waals surface area contributed by atoms with Crippen LogP contribution >= 0.6 is 0 Å². The maximum Gasteiger partial charge on any atom is 4.00 e. The van der Waals surface area contributed by atoms with E-state index in [0.717, 1.165) is 23.5 Å². The van der Waals surface area contributed by atoms with Gasteiger partial charge in [0.25, 0.3) is 0 Å². The van der Waals surface area contributed by atoms with Gasteiger partial charge in [-0.1, -0.05) is 96.3 Å². The van der Waals surface area contributed by atoms with Gasteiger partial charge in [-0.15, -0.1) is 17.7 Å². The molecule has 0 saturated heterocycles. The van der Waals surface area contributed by atoms with Gasteiger partial charge < -0.3 is 23.7 Å². The summed E-state index contributed by atoms with van der Waals surface area (Å²) >= 11 is 0. The van der Waals surface area contributed by atoms with Crippen molar-refractivity contribution in [2.45, 2.75) is 84.2 Å². The molecule has 2 nitrogen and oxygen atoms in total. The van der Waals surface area contributed by atoms with Crippen LogP contribution in [0.2, 0.25) is 36.3 Å². The van der Waals surface area contributed by atoms with Crippen molar-refractivity contribution in [3.8, 4) is 0 Å². The second-order valence-electron chi connectivity index (χ2n) is 13.6. The molecule has 0 aromatic rings. The van der Waals surface area contributed by atoms with Gasteiger partial charge in [0.2, 0.25) is 16.6 Å². The maximum absolute atomic E-state index is 6.46. The van der Waals surface area contributed by atoms with Gasteiger partial charge in [0.15, 0.2) is 0 Å². The first-order chi connectivity index (χ1) is 16.4. The Balaban J connectivity index is 0.000000688. The third-order valence-corrected chi connectivity index (χ3v) is 17.5. The topological polar surface area (TPSA) is 18.5 Å². The van der Waals surface area contributed by atoms with Crippen LogP contribution in [0, 0.1) is 46.5 Å². The van der Waals surface area contributed by atoms with Crippen LogP contribution in [-0.2, 0) is 35.1 Å². The van der Waals surface area contributed by atoms with Crippen LogP contribution in [0.25, 0.3) is 0 Å². The van der Waals surface area contributed by atoms with Gasteiger partial charge in [-0.25, -0.2) is 6.92 Å². The summed E-state index contributed by atoms with van der Waals surface area (Å²) < 4.78 is 12.8. The minimum Gasteiger partial charge on any atom is -0.634 e. The van der Waals surface area contributed by atoms with E-state index in [0.29, 0.717) is 17.8 Å². The van der Waals surface area contributed by atoms with E-state index in [-0.39, 0.29) is 51.1 Å². The molecule has 0 heterocycles. The molecule has 3 unspecified atom stereocenters. The van der Waals surface area contributed by atoms with Crippen molar-refractivity contribution in [1.29, 1.82) is 0 Å². The Hall–Kier alpha value is -1.16. The fourth-order valence-electron chi connectivity index (χ4n) is 4.26. The molecule has 0 aromatic heterocycles. The van der Waals surface area contributed by atoms with E-state index in [2.05, 4.69) is 136 Å². The zero-order chi connectivity index (χ0) is 27.1. The fraction of sp³-hybridized carbons (Fsp3) is 0.471. The van der Waals surface area contributed by atoms with Crippen LogP contribution in [0.1, 0.15) is 48.0 Å². The molecule has 0 amide bonds. The first-order valence-corrected chi connectivity index (χ1v) is 19.2. The Labute approximate surface area is 263 Å². The van der Waals surface area contributed by atoms with Crippen molar-refractivity contribution in [2.75, 3.05) is 0 Å². The van der Waals surface area contributed by atoms with Gasteiger partial charge in [0.05, 0.1) is 0 Å². The first kappa shape index (κ1) is 37.8. The van der Waals surface area contributed by atoms with Crippen molar-refractivity contribution in [3.05, 3.63) is 112 Å². The number of rotatable bonds is 4. The molecule has 0 saturated carbocycles. The molecule has 0 bridgehead atoms. The van der Waals surface area contributed by atoms with Gasteiger partial charge >= 0.3 is 26.2 Å². The standard InChI is InChI=1S/C16H25OSi.C16H23OSi.2CH3.Zr/c2*1-12-14-10-8-7-9-13(14)11-15(12)17-18(5,6)16(2,3)4;;;/h7-10,13-14H,1,11H2,2-6H3;7-11,13H,1H2,2-6H3;2*1H3;/q4*-1;+4. The van der Waals surface area contributed by atoms with Crippen molar-refractivity contribution >= 4 is 16.6 Å². The van der Waals surface area contributed by atoms with Crippen LogP contribution in [0.15, 0.2) is 82.9 Å². The molecule has 4 aliphatic carbocycles. The third kappa shape index (κ3) is 8.43. The van der Waals surface area contributed by atoms with Crippen LogP contribution in [0.5, 0.6) is 0 Å². The van der Waals surface area contributed by atoms with Gasteiger partial charge in [0, 0.05) is 0 Å². The van der Waals surface area contributed by atoms with E-state index < -0.39 is 16.6 Å². The maximum atomic E-state index is 6.46. The summed E-state index contributed by atoms with van der Waals surface area (Å²) in [7, 11) is -3.49. The summed E-state index contributed by atoms with van der Waals surface area (Å²) in [6.07, 6.45) is 20.6. The number of fused-ring (bicyclic) bond motifs is 2. The normalized spacial score (nSPS) is 23.4. The van der Waals surface area contributed by atoms with E-state index in [1.807, 2.05) is 0 Å². The van der Waals surface area contributed by atoms with Crippen molar-refractivity contribution in [3.63, 3.8) is 0 Å². The quantitative estimate of drug-likeness (QED) is 0.225. The Morgan fingerprint density at radius 2 is 1.28 bits per heavy atom.